The molecule has 0 aliphatic heterocycles. The van der Waals surface area contributed by atoms with Gasteiger partial charge in [0.05, 0.1) is 17.7 Å². The summed E-state index contributed by atoms with van der Waals surface area (Å²) in [5.41, 5.74) is 6.56. The fourth-order valence-electron chi connectivity index (χ4n) is 3.56. The molecule has 0 aliphatic rings. The van der Waals surface area contributed by atoms with Crippen LogP contribution in [0, 0.1) is 20.8 Å². The number of pyridine rings is 2. The minimum atomic E-state index is -3.68. The fraction of sp³-hybridized carbons (Fsp3) is 0.240. The molecule has 0 atom stereocenters. The summed E-state index contributed by atoms with van der Waals surface area (Å²) in [6.45, 7) is 6.82. The number of aromatic nitrogens is 4. The number of aryl methyl sites for hydroxylation is 3. The lowest BCUT2D eigenvalue weighted by atomic mass is 10.1. The van der Waals surface area contributed by atoms with Crippen molar-refractivity contribution in [2.45, 2.75) is 38.6 Å². The molecule has 4 aromatic rings. The third-order valence-corrected chi connectivity index (χ3v) is 6.89. The molecule has 0 unspecified atom stereocenters. The van der Waals surface area contributed by atoms with Crippen molar-refractivity contribution in [2.75, 3.05) is 6.54 Å². The first kappa shape index (κ1) is 22.8. The Morgan fingerprint density at radius 3 is 2.36 bits per heavy atom. The van der Waals surface area contributed by atoms with Crippen LogP contribution in [-0.4, -0.2) is 34.5 Å². The summed E-state index contributed by atoms with van der Waals surface area (Å²) >= 11 is 0. The first-order valence-corrected chi connectivity index (χ1v) is 12.2. The Morgan fingerprint density at radius 1 is 0.909 bits per heavy atom. The summed E-state index contributed by atoms with van der Waals surface area (Å²) in [5, 5.41) is 0. The number of rotatable bonds is 8. The van der Waals surface area contributed by atoms with Gasteiger partial charge in [0.1, 0.15) is 4.90 Å². The third-order valence-electron chi connectivity index (χ3n) is 5.46. The second kappa shape index (κ2) is 9.64. The van der Waals surface area contributed by atoms with E-state index in [1.165, 1.54) is 17.3 Å². The summed E-state index contributed by atoms with van der Waals surface area (Å²) < 4.78 is 30.4. The van der Waals surface area contributed by atoms with E-state index in [9.17, 15) is 8.42 Å². The van der Waals surface area contributed by atoms with Crippen LogP contribution in [-0.2, 0) is 23.0 Å². The van der Waals surface area contributed by atoms with Crippen LogP contribution in [0.15, 0.2) is 72.3 Å². The third kappa shape index (κ3) is 5.53. The highest BCUT2D eigenvalue weighted by molar-refractivity contribution is 7.89. The van der Waals surface area contributed by atoms with Gasteiger partial charge in [-0.25, -0.2) is 18.1 Å². The molecule has 170 valence electrons. The van der Waals surface area contributed by atoms with Crippen LogP contribution in [0.4, 0.5) is 0 Å². The topological polar surface area (TPSA) is 89.8 Å². The molecule has 4 rings (SSSR count). The maximum absolute atomic E-state index is 12.8. The number of nitrogens with zero attached hydrogens (tertiary/aromatic N) is 4. The summed E-state index contributed by atoms with van der Waals surface area (Å²) in [7, 11) is -3.68. The molecule has 0 saturated heterocycles. The minimum absolute atomic E-state index is 0.143. The molecule has 7 nitrogen and oxygen atoms in total. The van der Waals surface area contributed by atoms with E-state index in [0.717, 1.165) is 22.5 Å². The Morgan fingerprint density at radius 2 is 1.67 bits per heavy atom. The van der Waals surface area contributed by atoms with Gasteiger partial charge in [0.2, 0.25) is 10.0 Å². The number of benzene rings is 1. The molecule has 0 aliphatic carbocycles. The molecule has 1 aromatic carbocycles. The Balaban J connectivity index is 1.41. The first-order valence-electron chi connectivity index (χ1n) is 10.8. The van der Waals surface area contributed by atoms with Crippen LogP contribution in [0.1, 0.15) is 27.9 Å². The summed E-state index contributed by atoms with van der Waals surface area (Å²) in [4.78, 5) is 13.1. The molecule has 0 saturated carbocycles. The molecule has 0 fully saturated rings. The molecule has 3 aromatic heterocycles. The van der Waals surface area contributed by atoms with Crippen molar-refractivity contribution >= 4 is 10.0 Å². The average Bonchev–Trinajstić information content (AvgIpc) is 3.23. The van der Waals surface area contributed by atoms with E-state index in [-0.39, 0.29) is 11.4 Å². The smallest absolute Gasteiger partial charge is 0.242 e. The number of hydrogen-bond acceptors (Lipinski definition) is 5. The van der Waals surface area contributed by atoms with Crippen molar-refractivity contribution in [1.29, 1.82) is 0 Å². The van der Waals surface area contributed by atoms with Gasteiger partial charge in [-0.1, -0.05) is 35.9 Å². The number of imidazole rings is 1. The standard InChI is InChI=1S/C25H27N5O2S/c1-18-4-7-21(8-5-18)16-30-17-26-14-22(30)10-11-29-33(31,32)23-12-20(3)25(28-15-23)24-9-6-19(2)13-27-24/h4-9,12-15,17,29H,10-11,16H2,1-3H3. The van der Waals surface area contributed by atoms with Gasteiger partial charge in [0.25, 0.3) is 0 Å². The van der Waals surface area contributed by atoms with Crippen LogP contribution in [0.25, 0.3) is 11.4 Å². The number of nitrogens with one attached hydrogen (secondary N) is 1. The highest BCUT2D eigenvalue weighted by Gasteiger charge is 2.17. The van der Waals surface area contributed by atoms with Gasteiger partial charge < -0.3 is 4.57 Å². The molecule has 3 heterocycles. The maximum atomic E-state index is 12.8. The zero-order chi connectivity index (χ0) is 23.4. The summed E-state index contributed by atoms with van der Waals surface area (Å²) in [6, 6.07) is 13.8. The zero-order valence-corrected chi connectivity index (χ0v) is 19.8. The predicted octanol–water partition coefficient (Wildman–Crippen LogP) is 3.83. The van der Waals surface area contributed by atoms with Gasteiger partial charge in [-0.15, -0.1) is 0 Å². The minimum Gasteiger partial charge on any atom is -0.330 e. The van der Waals surface area contributed by atoms with Crippen LogP contribution in [0.5, 0.6) is 0 Å². The quantitative estimate of drug-likeness (QED) is 0.431. The number of hydrogen-bond donors (Lipinski definition) is 1. The van der Waals surface area contributed by atoms with E-state index < -0.39 is 10.0 Å². The normalized spacial score (nSPS) is 11.6. The summed E-state index contributed by atoms with van der Waals surface area (Å²) in [6.07, 6.45) is 7.23. The van der Waals surface area contributed by atoms with Gasteiger partial charge in [-0.2, -0.15) is 0 Å². The average molecular weight is 462 g/mol. The van der Waals surface area contributed by atoms with E-state index in [2.05, 4.69) is 50.9 Å². The van der Waals surface area contributed by atoms with Crippen LogP contribution < -0.4 is 4.72 Å². The van der Waals surface area contributed by atoms with Gasteiger partial charge >= 0.3 is 0 Å². The van der Waals surface area contributed by atoms with E-state index in [4.69, 9.17) is 0 Å². The molecule has 0 spiro atoms. The maximum Gasteiger partial charge on any atom is 0.242 e. The lowest BCUT2D eigenvalue weighted by Crippen LogP contribution is -2.26. The van der Waals surface area contributed by atoms with Gasteiger partial charge in [0, 0.05) is 43.8 Å². The van der Waals surface area contributed by atoms with Crippen molar-refractivity contribution in [3.63, 3.8) is 0 Å². The molecule has 0 bridgehead atoms. The monoisotopic (exact) mass is 461 g/mol. The summed E-state index contributed by atoms with van der Waals surface area (Å²) in [5.74, 6) is 0. The lowest BCUT2D eigenvalue weighted by Gasteiger charge is -2.11. The first-order chi connectivity index (χ1) is 15.8. The van der Waals surface area contributed by atoms with Crippen LogP contribution in [0.2, 0.25) is 0 Å². The Bertz CT molecular complexity index is 1340. The number of sulfonamides is 1. The lowest BCUT2D eigenvalue weighted by molar-refractivity contribution is 0.579. The molecular formula is C25H27N5O2S. The van der Waals surface area contributed by atoms with Gasteiger partial charge in [-0.05, 0) is 49.6 Å². The van der Waals surface area contributed by atoms with Crippen molar-refractivity contribution in [2.24, 2.45) is 0 Å². The molecule has 8 heteroatoms. The Labute approximate surface area is 194 Å². The second-order valence-corrected chi connectivity index (χ2v) is 9.97. The fourth-order valence-corrected chi connectivity index (χ4v) is 4.62. The van der Waals surface area contributed by atoms with E-state index >= 15 is 0 Å². The van der Waals surface area contributed by atoms with E-state index in [1.807, 2.05) is 30.5 Å². The van der Waals surface area contributed by atoms with Crippen molar-refractivity contribution in [1.82, 2.24) is 24.2 Å². The van der Waals surface area contributed by atoms with Gasteiger partial charge in [-0.3, -0.25) is 9.97 Å². The SMILES string of the molecule is Cc1ccc(Cn2cncc2CCNS(=O)(=O)c2cnc(-c3ccc(C)cn3)c(C)c2)cc1. The van der Waals surface area contributed by atoms with Crippen molar-refractivity contribution < 1.29 is 8.42 Å². The predicted molar refractivity (Wildman–Crippen MR) is 128 cm³/mol. The Kier molecular flexibility index (Phi) is 6.67. The molecule has 0 amide bonds. The van der Waals surface area contributed by atoms with Gasteiger partial charge in [0.15, 0.2) is 0 Å². The van der Waals surface area contributed by atoms with Crippen molar-refractivity contribution in [3.8, 4) is 11.4 Å². The molecule has 0 radical (unpaired) electrons. The second-order valence-electron chi connectivity index (χ2n) is 8.20. The molecule has 33 heavy (non-hydrogen) atoms. The molecular weight excluding hydrogens is 434 g/mol. The van der Waals surface area contributed by atoms with Crippen LogP contribution >= 0.6 is 0 Å². The highest BCUT2D eigenvalue weighted by Crippen LogP contribution is 2.21. The highest BCUT2D eigenvalue weighted by atomic mass is 32.2. The Hall–Kier alpha value is -3.36. The van der Waals surface area contributed by atoms with Crippen LogP contribution in [0.3, 0.4) is 0 Å². The zero-order valence-electron chi connectivity index (χ0n) is 19.0. The molecule has 1 N–H and O–H groups in total. The van der Waals surface area contributed by atoms with E-state index in [1.54, 1.807) is 24.8 Å². The van der Waals surface area contributed by atoms with E-state index in [0.29, 0.717) is 18.7 Å². The largest absolute Gasteiger partial charge is 0.330 e. The van der Waals surface area contributed by atoms with Crippen molar-refractivity contribution in [3.05, 3.63) is 95.3 Å².